The number of carboxylic acids is 1. The van der Waals surface area contributed by atoms with E-state index in [1.165, 1.54) is 12.1 Å². The van der Waals surface area contributed by atoms with Crippen LogP contribution in [0.15, 0.2) is 18.2 Å². The monoisotopic (exact) mass is 326 g/mol. The van der Waals surface area contributed by atoms with E-state index in [4.69, 9.17) is 5.11 Å². The van der Waals surface area contributed by atoms with E-state index in [1.807, 2.05) is 0 Å². The highest BCUT2D eigenvalue weighted by atomic mass is 19.1. The Morgan fingerprint density at radius 2 is 1.91 bits per heavy atom. The fourth-order valence-electron chi connectivity index (χ4n) is 3.02. The number of urea groups is 1. The highest BCUT2D eigenvalue weighted by molar-refractivity contribution is 5.75. The molecular formula is C16H20F2N2O3. The van der Waals surface area contributed by atoms with Crippen LogP contribution in [0, 0.1) is 11.6 Å². The molecule has 2 amide bonds. The number of hydrogen-bond acceptors (Lipinski definition) is 2. The van der Waals surface area contributed by atoms with E-state index in [2.05, 4.69) is 10.6 Å². The van der Waals surface area contributed by atoms with Gasteiger partial charge < -0.3 is 15.7 Å². The lowest BCUT2D eigenvalue weighted by Crippen LogP contribution is -2.49. The molecule has 0 radical (unpaired) electrons. The minimum atomic E-state index is -0.923. The summed E-state index contributed by atoms with van der Waals surface area (Å²) in [4.78, 5) is 22.5. The van der Waals surface area contributed by atoms with Crippen molar-refractivity contribution >= 4 is 12.0 Å². The number of carbonyl (C=O) groups excluding carboxylic acids is 1. The number of rotatable bonds is 6. The van der Waals surface area contributed by atoms with E-state index in [9.17, 15) is 18.4 Å². The molecule has 1 aromatic rings. The maximum atomic E-state index is 14.1. The first-order valence-electron chi connectivity index (χ1n) is 7.66. The average molecular weight is 326 g/mol. The molecule has 1 aliphatic carbocycles. The molecule has 1 saturated carbocycles. The number of nitrogens with one attached hydrogen (secondary N) is 2. The second-order valence-electron chi connectivity index (χ2n) is 5.79. The van der Waals surface area contributed by atoms with Crippen molar-refractivity contribution in [1.29, 1.82) is 0 Å². The van der Waals surface area contributed by atoms with Gasteiger partial charge in [-0.1, -0.05) is 18.9 Å². The number of aliphatic carboxylic acids is 1. The molecule has 7 heteroatoms. The van der Waals surface area contributed by atoms with Crippen LogP contribution < -0.4 is 10.6 Å². The molecule has 0 bridgehead atoms. The predicted octanol–water partition coefficient (Wildman–Crippen LogP) is 2.90. The molecule has 0 saturated heterocycles. The van der Waals surface area contributed by atoms with Crippen molar-refractivity contribution in [3.8, 4) is 0 Å². The molecule has 1 fully saturated rings. The van der Waals surface area contributed by atoms with Gasteiger partial charge in [-0.2, -0.15) is 0 Å². The highest BCUT2D eigenvalue weighted by Crippen LogP contribution is 2.39. The average Bonchev–Trinajstić information content (AvgIpc) is 2.92. The largest absolute Gasteiger partial charge is 0.481 e. The Morgan fingerprint density at radius 1 is 1.22 bits per heavy atom. The topological polar surface area (TPSA) is 78.4 Å². The fourth-order valence-corrected chi connectivity index (χ4v) is 3.02. The van der Waals surface area contributed by atoms with Crippen LogP contribution in [-0.4, -0.2) is 23.7 Å². The standard InChI is InChI=1S/C16H20F2N2O3/c17-11-5-6-12(13(18)10-11)16(7-1-2-8-16)20-15(23)19-9-3-4-14(21)22/h5-6,10H,1-4,7-9H2,(H,21,22)(H2,19,20,23). The Hall–Kier alpha value is -2.18. The number of amides is 2. The molecule has 5 nitrogen and oxygen atoms in total. The SMILES string of the molecule is O=C(O)CCCNC(=O)NC1(c2ccc(F)cc2F)CCCC1. The van der Waals surface area contributed by atoms with E-state index in [0.29, 0.717) is 19.3 Å². The van der Waals surface area contributed by atoms with Crippen molar-refractivity contribution in [1.82, 2.24) is 10.6 Å². The summed E-state index contributed by atoms with van der Waals surface area (Å²) in [5.74, 6) is -2.25. The summed E-state index contributed by atoms with van der Waals surface area (Å²) in [6.07, 6.45) is 3.14. The summed E-state index contributed by atoms with van der Waals surface area (Å²) in [7, 11) is 0. The number of halogens is 2. The van der Waals surface area contributed by atoms with Gasteiger partial charge in [0.25, 0.3) is 0 Å². The molecule has 1 aliphatic rings. The van der Waals surface area contributed by atoms with Crippen LogP contribution in [-0.2, 0) is 10.3 Å². The summed E-state index contributed by atoms with van der Waals surface area (Å²) in [6.45, 7) is 0.222. The molecule has 126 valence electrons. The molecule has 1 aromatic carbocycles. The minimum Gasteiger partial charge on any atom is -0.481 e. The summed E-state index contributed by atoms with van der Waals surface area (Å²) in [5.41, 5.74) is -0.550. The Kier molecular flexibility index (Phi) is 5.52. The fraction of sp³-hybridized carbons (Fsp3) is 0.500. The molecule has 0 heterocycles. The second kappa shape index (κ2) is 7.39. The van der Waals surface area contributed by atoms with Gasteiger partial charge in [0.2, 0.25) is 0 Å². The summed E-state index contributed by atoms with van der Waals surface area (Å²) < 4.78 is 27.2. The number of carboxylic acid groups (broad SMARTS) is 1. The Balaban J connectivity index is 2.03. The molecule has 23 heavy (non-hydrogen) atoms. The van der Waals surface area contributed by atoms with Gasteiger partial charge in [0.05, 0.1) is 5.54 Å². The van der Waals surface area contributed by atoms with Gasteiger partial charge >= 0.3 is 12.0 Å². The van der Waals surface area contributed by atoms with Crippen molar-refractivity contribution in [3.63, 3.8) is 0 Å². The smallest absolute Gasteiger partial charge is 0.315 e. The first-order chi connectivity index (χ1) is 10.9. The van der Waals surface area contributed by atoms with Crippen LogP contribution in [0.1, 0.15) is 44.1 Å². The third-order valence-corrected chi connectivity index (χ3v) is 4.11. The maximum Gasteiger partial charge on any atom is 0.315 e. The zero-order chi connectivity index (χ0) is 16.9. The van der Waals surface area contributed by atoms with Crippen LogP contribution in [0.2, 0.25) is 0 Å². The Labute approximate surface area is 133 Å². The van der Waals surface area contributed by atoms with Crippen LogP contribution in [0.4, 0.5) is 13.6 Å². The second-order valence-corrected chi connectivity index (χ2v) is 5.79. The lowest BCUT2D eigenvalue weighted by Gasteiger charge is -2.31. The molecule has 3 N–H and O–H groups in total. The van der Waals surface area contributed by atoms with Gasteiger partial charge in [0.1, 0.15) is 11.6 Å². The lowest BCUT2D eigenvalue weighted by atomic mass is 9.87. The predicted molar refractivity (Wildman–Crippen MR) is 79.9 cm³/mol. The molecule has 2 rings (SSSR count). The van der Waals surface area contributed by atoms with Gasteiger partial charge in [-0.25, -0.2) is 13.6 Å². The number of hydrogen-bond donors (Lipinski definition) is 3. The van der Waals surface area contributed by atoms with Gasteiger partial charge in [-0.3, -0.25) is 4.79 Å². The van der Waals surface area contributed by atoms with E-state index in [1.54, 1.807) is 0 Å². The van der Waals surface area contributed by atoms with E-state index in [0.717, 1.165) is 18.9 Å². The third kappa shape index (κ3) is 4.40. The zero-order valence-corrected chi connectivity index (χ0v) is 12.7. The van der Waals surface area contributed by atoms with Crippen molar-refractivity contribution in [2.45, 2.75) is 44.1 Å². The highest BCUT2D eigenvalue weighted by Gasteiger charge is 2.39. The third-order valence-electron chi connectivity index (χ3n) is 4.11. The van der Waals surface area contributed by atoms with Gasteiger partial charge in [0.15, 0.2) is 0 Å². The van der Waals surface area contributed by atoms with Crippen LogP contribution >= 0.6 is 0 Å². The van der Waals surface area contributed by atoms with E-state index >= 15 is 0 Å². The maximum absolute atomic E-state index is 14.1. The van der Waals surface area contributed by atoms with Crippen molar-refractivity contribution in [3.05, 3.63) is 35.4 Å². The van der Waals surface area contributed by atoms with Crippen LogP contribution in [0.5, 0.6) is 0 Å². The summed E-state index contributed by atoms with van der Waals surface area (Å²) in [5, 5.41) is 13.9. The van der Waals surface area contributed by atoms with E-state index < -0.39 is 29.2 Å². The lowest BCUT2D eigenvalue weighted by molar-refractivity contribution is -0.137. The zero-order valence-electron chi connectivity index (χ0n) is 12.7. The quantitative estimate of drug-likeness (QED) is 0.703. The first kappa shape index (κ1) is 17.2. The molecule has 0 unspecified atom stereocenters. The Bertz CT molecular complexity index is 587. The number of carbonyl (C=O) groups is 2. The molecule has 0 aromatic heterocycles. The molecular weight excluding hydrogens is 306 g/mol. The van der Waals surface area contributed by atoms with Crippen LogP contribution in [0.3, 0.4) is 0 Å². The Morgan fingerprint density at radius 3 is 2.52 bits per heavy atom. The summed E-state index contributed by atoms with van der Waals surface area (Å²) >= 11 is 0. The summed E-state index contributed by atoms with van der Waals surface area (Å²) in [6, 6.07) is 2.91. The molecule has 0 spiro atoms. The molecule has 0 aliphatic heterocycles. The van der Waals surface area contributed by atoms with Crippen molar-refractivity contribution < 1.29 is 23.5 Å². The van der Waals surface area contributed by atoms with Crippen molar-refractivity contribution in [2.75, 3.05) is 6.54 Å². The van der Waals surface area contributed by atoms with Gasteiger partial charge in [-0.15, -0.1) is 0 Å². The number of benzene rings is 1. The van der Waals surface area contributed by atoms with Gasteiger partial charge in [-0.05, 0) is 25.3 Å². The van der Waals surface area contributed by atoms with Crippen LogP contribution in [0.25, 0.3) is 0 Å². The minimum absolute atomic E-state index is 0.0297. The van der Waals surface area contributed by atoms with Gasteiger partial charge in [0, 0.05) is 24.6 Å². The first-order valence-corrected chi connectivity index (χ1v) is 7.66. The van der Waals surface area contributed by atoms with Crippen molar-refractivity contribution in [2.24, 2.45) is 0 Å². The molecule has 0 atom stereocenters. The van der Waals surface area contributed by atoms with E-state index in [-0.39, 0.29) is 18.5 Å². The normalized spacial score (nSPS) is 16.1.